The van der Waals surface area contributed by atoms with Gasteiger partial charge in [0.25, 0.3) is 11.8 Å². The molecule has 0 saturated heterocycles. The summed E-state index contributed by atoms with van der Waals surface area (Å²) >= 11 is 0. The molecule has 1 N–H and O–H groups in total. The van der Waals surface area contributed by atoms with E-state index in [1.807, 2.05) is 22.8 Å². The molecule has 6 heteroatoms. The highest BCUT2D eigenvalue weighted by molar-refractivity contribution is 5.94. The van der Waals surface area contributed by atoms with Crippen LogP contribution < -0.4 is 5.32 Å². The molecule has 0 bridgehead atoms. The van der Waals surface area contributed by atoms with Crippen LogP contribution in [0.4, 0.5) is 0 Å². The van der Waals surface area contributed by atoms with Crippen molar-refractivity contribution in [2.75, 3.05) is 13.1 Å². The molecule has 118 valence electrons. The van der Waals surface area contributed by atoms with Crippen LogP contribution >= 0.6 is 0 Å². The fourth-order valence-electron chi connectivity index (χ4n) is 2.55. The Morgan fingerprint density at radius 2 is 2.04 bits per heavy atom. The van der Waals surface area contributed by atoms with Crippen molar-refractivity contribution < 1.29 is 9.59 Å². The van der Waals surface area contributed by atoms with Gasteiger partial charge in [-0.1, -0.05) is 24.3 Å². The van der Waals surface area contributed by atoms with E-state index in [0.717, 1.165) is 5.82 Å². The van der Waals surface area contributed by atoms with Crippen molar-refractivity contribution in [1.82, 2.24) is 19.8 Å². The molecule has 2 heterocycles. The van der Waals surface area contributed by atoms with E-state index in [9.17, 15) is 9.59 Å². The zero-order valence-electron chi connectivity index (χ0n) is 12.7. The van der Waals surface area contributed by atoms with Crippen LogP contribution in [0.3, 0.4) is 0 Å². The number of carbonyl (C=O) groups is 2. The van der Waals surface area contributed by atoms with Crippen molar-refractivity contribution in [3.8, 4) is 0 Å². The smallest absolute Gasteiger partial charge is 0.271 e. The Bertz CT molecular complexity index is 736. The van der Waals surface area contributed by atoms with Crippen molar-refractivity contribution in [3.05, 3.63) is 66.3 Å². The van der Waals surface area contributed by atoms with Gasteiger partial charge in [-0.05, 0) is 12.1 Å². The third-order valence-electron chi connectivity index (χ3n) is 3.75. The fourth-order valence-corrected chi connectivity index (χ4v) is 2.55. The van der Waals surface area contributed by atoms with Crippen molar-refractivity contribution >= 4 is 11.8 Å². The van der Waals surface area contributed by atoms with E-state index in [-0.39, 0.29) is 11.8 Å². The lowest BCUT2D eigenvalue weighted by atomic mass is 10.2. The molecule has 0 radical (unpaired) electrons. The lowest BCUT2D eigenvalue weighted by Gasteiger charge is -2.27. The zero-order chi connectivity index (χ0) is 16.2. The summed E-state index contributed by atoms with van der Waals surface area (Å²) in [6.07, 6.45) is 3.35. The molecule has 3 rings (SSSR count). The van der Waals surface area contributed by atoms with Crippen LogP contribution in [0.5, 0.6) is 0 Å². The summed E-state index contributed by atoms with van der Waals surface area (Å²) in [5.74, 6) is 0.481. The molecule has 0 aliphatic carbocycles. The second kappa shape index (κ2) is 6.48. The standard InChI is InChI=1S/C17H18N4O2/c1-2-8-18-16(22)14-11-20-9-10-21(12-15(20)19-14)17(23)13-6-4-3-5-7-13/h2-7,11H,1,8-10,12H2,(H,18,22). The molecular formula is C17H18N4O2. The molecule has 0 atom stereocenters. The zero-order valence-corrected chi connectivity index (χ0v) is 12.7. The van der Waals surface area contributed by atoms with Gasteiger partial charge in [0, 0.05) is 31.4 Å². The first-order chi connectivity index (χ1) is 11.2. The fraction of sp³-hybridized carbons (Fsp3) is 0.235. The molecule has 0 fully saturated rings. The minimum Gasteiger partial charge on any atom is -0.347 e. The molecule has 1 aliphatic heterocycles. The molecule has 2 aromatic rings. The highest BCUT2D eigenvalue weighted by Gasteiger charge is 2.24. The van der Waals surface area contributed by atoms with Crippen molar-refractivity contribution in [2.45, 2.75) is 13.1 Å². The summed E-state index contributed by atoms with van der Waals surface area (Å²) in [4.78, 5) is 30.5. The lowest BCUT2D eigenvalue weighted by molar-refractivity contribution is 0.0707. The van der Waals surface area contributed by atoms with Crippen LogP contribution in [-0.2, 0) is 13.1 Å². The van der Waals surface area contributed by atoms with Gasteiger partial charge in [-0.15, -0.1) is 6.58 Å². The first kappa shape index (κ1) is 15.0. The van der Waals surface area contributed by atoms with Gasteiger partial charge < -0.3 is 14.8 Å². The molecule has 1 aromatic carbocycles. The maximum Gasteiger partial charge on any atom is 0.271 e. The average molecular weight is 310 g/mol. The normalized spacial score (nSPS) is 13.3. The number of rotatable bonds is 4. The van der Waals surface area contributed by atoms with Crippen molar-refractivity contribution in [2.24, 2.45) is 0 Å². The van der Waals surface area contributed by atoms with Gasteiger partial charge in [0.1, 0.15) is 11.5 Å². The Morgan fingerprint density at radius 1 is 1.26 bits per heavy atom. The van der Waals surface area contributed by atoms with Crippen molar-refractivity contribution in [3.63, 3.8) is 0 Å². The van der Waals surface area contributed by atoms with Gasteiger partial charge in [0.2, 0.25) is 0 Å². The summed E-state index contributed by atoms with van der Waals surface area (Å²) in [6.45, 7) is 5.61. The van der Waals surface area contributed by atoms with Crippen LogP contribution in [0.2, 0.25) is 0 Å². The predicted molar refractivity (Wildman–Crippen MR) is 85.9 cm³/mol. The molecule has 0 spiro atoms. The molecule has 0 unspecified atom stereocenters. The Labute approximate surface area is 134 Å². The van der Waals surface area contributed by atoms with Gasteiger partial charge in [-0.2, -0.15) is 0 Å². The Balaban J connectivity index is 1.73. The topological polar surface area (TPSA) is 67.2 Å². The number of imidazole rings is 1. The highest BCUT2D eigenvalue weighted by Crippen LogP contribution is 2.15. The molecule has 6 nitrogen and oxygen atoms in total. The number of nitrogens with one attached hydrogen (secondary N) is 1. The average Bonchev–Trinajstić information content (AvgIpc) is 3.03. The van der Waals surface area contributed by atoms with Crippen LogP contribution in [0.1, 0.15) is 26.7 Å². The summed E-state index contributed by atoms with van der Waals surface area (Å²) in [6, 6.07) is 9.18. The molecule has 0 saturated carbocycles. The number of aromatic nitrogens is 2. The van der Waals surface area contributed by atoms with E-state index in [4.69, 9.17) is 0 Å². The first-order valence-corrected chi connectivity index (χ1v) is 7.48. The number of hydrogen-bond donors (Lipinski definition) is 1. The maximum absolute atomic E-state index is 12.5. The molecule has 23 heavy (non-hydrogen) atoms. The number of nitrogens with zero attached hydrogens (tertiary/aromatic N) is 3. The lowest BCUT2D eigenvalue weighted by Crippen LogP contribution is -2.38. The van der Waals surface area contributed by atoms with Crippen LogP contribution in [0.15, 0.2) is 49.2 Å². The number of amides is 2. The number of fused-ring (bicyclic) bond motifs is 1. The quantitative estimate of drug-likeness (QED) is 0.869. The molecule has 1 aromatic heterocycles. The largest absolute Gasteiger partial charge is 0.347 e. The molecule has 1 aliphatic rings. The summed E-state index contributed by atoms with van der Waals surface area (Å²) in [7, 11) is 0. The third kappa shape index (κ3) is 3.15. The second-order valence-corrected chi connectivity index (χ2v) is 5.33. The van der Waals surface area contributed by atoms with Gasteiger partial charge in [-0.3, -0.25) is 9.59 Å². The predicted octanol–water partition coefficient (Wildman–Crippen LogP) is 1.45. The number of hydrogen-bond acceptors (Lipinski definition) is 3. The minimum atomic E-state index is -0.229. The van der Waals surface area contributed by atoms with Crippen LogP contribution in [0, 0.1) is 0 Å². The summed E-state index contributed by atoms with van der Waals surface area (Å²) in [5.41, 5.74) is 1.03. The van der Waals surface area contributed by atoms with Gasteiger partial charge >= 0.3 is 0 Å². The van der Waals surface area contributed by atoms with Gasteiger partial charge in [0.15, 0.2) is 0 Å². The minimum absolute atomic E-state index is 0.0162. The Kier molecular flexibility index (Phi) is 4.23. The third-order valence-corrected chi connectivity index (χ3v) is 3.75. The highest BCUT2D eigenvalue weighted by atomic mass is 16.2. The van der Waals surface area contributed by atoms with E-state index >= 15 is 0 Å². The van der Waals surface area contributed by atoms with Gasteiger partial charge in [0.05, 0.1) is 6.54 Å². The van der Waals surface area contributed by atoms with E-state index in [0.29, 0.717) is 37.4 Å². The molecular weight excluding hydrogens is 292 g/mol. The van der Waals surface area contributed by atoms with Gasteiger partial charge in [-0.25, -0.2) is 4.98 Å². The van der Waals surface area contributed by atoms with Crippen LogP contribution in [0.25, 0.3) is 0 Å². The van der Waals surface area contributed by atoms with Crippen molar-refractivity contribution in [1.29, 1.82) is 0 Å². The van der Waals surface area contributed by atoms with E-state index in [2.05, 4.69) is 16.9 Å². The second-order valence-electron chi connectivity index (χ2n) is 5.33. The summed E-state index contributed by atoms with van der Waals surface area (Å²) < 4.78 is 1.93. The first-order valence-electron chi connectivity index (χ1n) is 7.48. The van der Waals surface area contributed by atoms with E-state index in [1.165, 1.54) is 0 Å². The SMILES string of the molecule is C=CCNC(=O)c1cn2c(n1)CN(C(=O)c1ccccc1)CC2. The maximum atomic E-state index is 12.5. The number of carbonyl (C=O) groups excluding carboxylic acids is 2. The van der Waals surface area contributed by atoms with Crippen LogP contribution in [-0.4, -0.2) is 39.4 Å². The monoisotopic (exact) mass is 310 g/mol. The summed E-state index contributed by atoms with van der Waals surface area (Å²) in [5, 5.41) is 2.70. The Hall–Kier alpha value is -2.89. The van der Waals surface area contributed by atoms with E-state index < -0.39 is 0 Å². The molecule has 2 amide bonds. The Morgan fingerprint density at radius 3 is 2.78 bits per heavy atom. The van der Waals surface area contributed by atoms with E-state index in [1.54, 1.807) is 29.3 Å². The number of benzene rings is 1.